The summed E-state index contributed by atoms with van der Waals surface area (Å²) >= 11 is 6.10. The van der Waals surface area contributed by atoms with Crippen LogP contribution in [0.2, 0.25) is 5.02 Å². The van der Waals surface area contributed by atoms with Gasteiger partial charge >= 0.3 is 0 Å². The lowest BCUT2D eigenvalue weighted by Crippen LogP contribution is -2.49. The number of aliphatic hydroxyl groups is 1. The molecule has 1 heterocycles. The third-order valence-electron chi connectivity index (χ3n) is 5.89. The first-order chi connectivity index (χ1) is 12.8. The van der Waals surface area contributed by atoms with E-state index in [1.165, 1.54) is 12.1 Å². The lowest BCUT2D eigenvalue weighted by molar-refractivity contribution is -0.0615. The van der Waals surface area contributed by atoms with Gasteiger partial charge in [-0.15, -0.1) is 0 Å². The van der Waals surface area contributed by atoms with Crippen molar-refractivity contribution in [1.29, 1.82) is 0 Å². The molecular weight excluding hydrogens is 360 g/mol. The molecule has 0 spiro atoms. The molecule has 2 fully saturated rings. The van der Waals surface area contributed by atoms with Crippen molar-refractivity contribution in [2.45, 2.75) is 52.2 Å². The number of β-amino-alcohol motifs (C(OH)–C–C–N with tert-alkyl or cyclic N) is 1. The zero-order valence-corrected chi connectivity index (χ0v) is 17.8. The molecule has 0 amide bonds. The second kappa shape index (κ2) is 9.13. The van der Waals surface area contributed by atoms with Crippen LogP contribution in [-0.2, 0) is 4.74 Å². The third-order valence-corrected chi connectivity index (χ3v) is 6.12. The number of hydrogen-bond acceptors (Lipinski definition) is 4. The first kappa shape index (κ1) is 20.9. The minimum Gasteiger partial charge on any atom is -0.389 e. The van der Waals surface area contributed by atoms with Crippen molar-refractivity contribution in [2.75, 3.05) is 44.2 Å². The van der Waals surface area contributed by atoms with E-state index in [-0.39, 0.29) is 6.10 Å². The first-order valence-electron chi connectivity index (χ1n) is 10.3. The molecule has 27 heavy (non-hydrogen) atoms. The van der Waals surface area contributed by atoms with E-state index in [1.54, 1.807) is 0 Å². The number of nitrogens with zero attached hydrogens (tertiary/aromatic N) is 2. The molecular formula is C22H35ClN2O2. The molecule has 0 radical (unpaired) electrons. The summed E-state index contributed by atoms with van der Waals surface area (Å²) < 4.78 is 6.09. The van der Waals surface area contributed by atoms with Crippen LogP contribution in [0.5, 0.6) is 0 Å². The molecule has 0 unspecified atom stereocenters. The first-order valence-corrected chi connectivity index (χ1v) is 10.7. The van der Waals surface area contributed by atoms with Crippen LogP contribution in [0.25, 0.3) is 0 Å². The number of halogens is 1. The van der Waals surface area contributed by atoms with E-state index in [2.05, 4.69) is 36.6 Å². The highest BCUT2D eigenvalue weighted by atomic mass is 35.5. The topological polar surface area (TPSA) is 35.9 Å². The largest absolute Gasteiger partial charge is 0.389 e. The Morgan fingerprint density at radius 2 is 1.96 bits per heavy atom. The van der Waals surface area contributed by atoms with Crippen molar-refractivity contribution in [1.82, 2.24) is 4.90 Å². The van der Waals surface area contributed by atoms with Gasteiger partial charge in [-0.1, -0.05) is 38.4 Å². The Kier molecular flexibility index (Phi) is 7.07. The summed E-state index contributed by atoms with van der Waals surface area (Å²) in [7, 11) is 0. The number of benzene rings is 1. The summed E-state index contributed by atoms with van der Waals surface area (Å²) in [6.45, 7) is 11.9. The molecule has 0 bridgehead atoms. The Balaban J connectivity index is 1.39. The van der Waals surface area contributed by atoms with Crippen molar-refractivity contribution < 1.29 is 9.84 Å². The van der Waals surface area contributed by atoms with Gasteiger partial charge in [-0.05, 0) is 48.8 Å². The summed E-state index contributed by atoms with van der Waals surface area (Å²) in [5.41, 5.74) is 1.53. The van der Waals surface area contributed by atoms with Crippen LogP contribution >= 0.6 is 11.6 Å². The van der Waals surface area contributed by atoms with E-state index in [9.17, 15) is 5.11 Å². The van der Waals surface area contributed by atoms with Gasteiger partial charge in [-0.2, -0.15) is 0 Å². The molecule has 1 aliphatic carbocycles. The van der Waals surface area contributed by atoms with Crippen molar-refractivity contribution in [3.8, 4) is 0 Å². The Bertz CT molecular complexity index is 602. The maximum Gasteiger partial charge on any atom is 0.0900 e. The summed E-state index contributed by atoms with van der Waals surface area (Å²) in [5, 5.41) is 11.2. The van der Waals surface area contributed by atoms with Gasteiger partial charge < -0.3 is 14.7 Å². The molecule has 5 heteroatoms. The second-order valence-electron chi connectivity index (χ2n) is 9.29. The summed E-state index contributed by atoms with van der Waals surface area (Å²) in [6.07, 6.45) is 3.37. The van der Waals surface area contributed by atoms with E-state index in [1.807, 2.05) is 18.2 Å². The van der Waals surface area contributed by atoms with E-state index in [0.29, 0.717) is 24.5 Å². The summed E-state index contributed by atoms with van der Waals surface area (Å²) in [5.74, 6) is 0.704. The van der Waals surface area contributed by atoms with Crippen LogP contribution in [0.3, 0.4) is 0 Å². The van der Waals surface area contributed by atoms with Gasteiger partial charge in [0, 0.05) is 43.4 Å². The number of rotatable bonds is 6. The fourth-order valence-corrected chi connectivity index (χ4v) is 5.03. The molecule has 0 aromatic heterocycles. The van der Waals surface area contributed by atoms with Gasteiger partial charge in [-0.3, -0.25) is 4.90 Å². The number of aliphatic hydroxyl groups excluding tert-OH is 1. The van der Waals surface area contributed by atoms with Gasteiger partial charge in [0.2, 0.25) is 0 Å². The van der Waals surface area contributed by atoms with Crippen molar-refractivity contribution in [2.24, 2.45) is 11.3 Å². The van der Waals surface area contributed by atoms with E-state index in [4.69, 9.17) is 16.3 Å². The molecule has 1 aromatic carbocycles. The molecule has 4 nitrogen and oxygen atoms in total. The maximum absolute atomic E-state index is 10.4. The van der Waals surface area contributed by atoms with E-state index < -0.39 is 6.10 Å². The predicted octanol–water partition coefficient (Wildman–Crippen LogP) is 4.05. The fourth-order valence-electron chi connectivity index (χ4n) is 4.84. The Hall–Kier alpha value is -0.810. The van der Waals surface area contributed by atoms with E-state index in [0.717, 1.165) is 44.0 Å². The highest BCUT2D eigenvalue weighted by Gasteiger charge is 2.32. The smallest absolute Gasteiger partial charge is 0.0900 e. The summed E-state index contributed by atoms with van der Waals surface area (Å²) in [4.78, 5) is 4.69. The third kappa shape index (κ3) is 6.35. The summed E-state index contributed by atoms with van der Waals surface area (Å²) in [6, 6.07) is 8.04. The molecule has 3 atom stereocenters. The standard InChI is InChI=1S/C22H35ClN2O2/c1-17-11-21(14-22(2,3)13-17)27-16-20(26)15-24-7-9-25(10-8-24)19-6-4-5-18(23)12-19/h4-6,12,17,20-21,26H,7-11,13-16H2,1-3H3/t17-,20-,21+/m1/s1. The van der Waals surface area contributed by atoms with Crippen LogP contribution < -0.4 is 4.90 Å². The van der Waals surface area contributed by atoms with E-state index >= 15 is 0 Å². The monoisotopic (exact) mass is 394 g/mol. The van der Waals surface area contributed by atoms with Gasteiger partial charge in [0.25, 0.3) is 0 Å². The maximum atomic E-state index is 10.4. The Morgan fingerprint density at radius 3 is 2.63 bits per heavy atom. The lowest BCUT2D eigenvalue weighted by Gasteiger charge is -2.39. The molecule has 152 valence electrons. The van der Waals surface area contributed by atoms with Crippen molar-refractivity contribution in [3.63, 3.8) is 0 Å². The molecule has 1 N–H and O–H groups in total. The van der Waals surface area contributed by atoms with Gasteiger partial charge in [0.15, 0.2) is 0 Å². The van der Waals surface area contributed by atoms with Crippen molar-refractivity contribution >= 4 is 17.3 Å². The zero-order chi connectivity index (χ0) is 19.4. The highest BCUT2D eigenvalue weighted by molar-refractivity contribution is 6.30. The number of piperazine rings is 1. The number of ether oxygens (including phenoxy) is 1. The second-order valence-corrected chi connectivity index (χ2v) is 9.73. The normalized spacial score (nSPS) is 27.5. The molecule has 1 aromatic rings. The highest BCUT2D eigenvalue weighted by Crippen LogP contribution is 2.39. The minimum absolute atomic E-state index is 0.290. The average Bonchev–Trinajstić information content (AvgIpc) is 2.59. The van der Waals surface area contributed by atoms with Gasteiger partial charge in [0.1, 0.15) is 0 Å². The molecule has 1 saturated heterocycles. The predicted molar refractivity (Wildman–Crippen MR) is 113 cm³/mol. The number of anilines is 1. The number of hydrogen-bond donors (Lipinski definition) is 1. The van der Waals surface area contributed by atoms with Crippen LogP contribution in [0.15, 0.2) is 24.3 Å². The van der Waals surface area contributed by atoms with Crippen LogP contribution in [0, 0.1) is 11.3 Å². The quantitative estimate of drug-likeness (QED) is 0.789. The SMILES string of the molecule is C[C@@H]1C[C@H](OC[C@H](O)CN2CCN(c3cccc(Cl)c3)CC2)CC(C)(C)C1. The molecule has 3 rings (SSSR count). The lowest BCUT2D eigenvalue weighted by atomic mass is 9.71. The fraction of sp³-hybridized carbons (Fsp3) is 0.727. The molecule has 1 saturated carbocycles. The van der Waals surface area contributed by atoms with Gasteiger partial charge in [-0.25, -0.2) is 0 Å². The Labute approximate surface area is 169 Å². The van der Waals surface area contributed by atoms with Crippen LogP contribution in [-0.4, -0.2) is 61.5 Å². The average molecular weight is 395 g/mol. The molecule has 2 aliphatic rings. The van der Waals surface area contributed by atoms with Crippen LogP contribution in [0.1, 0.15) is 40.0 Å². The van der Waals surface area contributed by atoms with Crippen molar-refractivity contribution in [3.05, 3.63) is 29.3 Å². The van der Waals surface area contributed by atoms with Crippen LogP contribution in [0.4, 0.5) is 5.69 Å². The molecule has 1 aliphatic heterocycles. The van der Waals surface area contributed by atoms with Gasteiger partial charge in [0.05, 0.1) is 18.8 Å². The Morgan fingerprint density at radius 1 is 1.22 bits per heavy atom. The zero-order valence-electron chi connectivity index (χ0n) is 17.0. The minimum atomic E-state index is -0.414.